The molecule has 0 unspecified atom stereocenters. The molecule has 6 nitrogen and oxygen atoms in total. The van der Waals surface area contributed by atoms with Crippen LogP contribution in [0.25, 0.3) is 17.0 Å². The van der Waals surface area contributed by atoms with Crippen molar-refractivity contribution in [2.75, 3.05) is 5.32 Å². The molecule has 0 aliphatic rings. The lowest BCUT2D eigenvalue weighted by Crippen LogP contribution is -2.16. The van der Waals surface area contributed by atoms with Crippen molar-refractivity contribution < 1.29 is 9.18 Å². The Labute approximate surface area is 181 Å². The molecule has 0 atom stereocenters. The Morgan fingerprint density at radius 3 is 2.70 bits per heavy atom. The highest BCUT2D eigenvalue weighted by Crippen LogP contribution is 2.30. The van der Waals surface area contributed by atoms with Gasteiger partial charge in [-0.2, -0.15) is 10.4 Å². The molecule has 0 bridgehead atoms. The zero-order valence-corrected chi connectivity index (χ0v) is 17.2. The highest BCUT2D eigenvalue weighted by molar-refractivity contribution is 6.35. The van der Waals surface area contributed by atoms with Gasteiger partial charge in [0.15, 0.2) is 5.69 Å². The van der Waals surface area contributed by atoms with E-state index in [4.69, 9.17) is 28.5 Å². The number of allylic oxidation sites excluding steroid dienone is 3. The van der Waals surface area contributed by atoms with E-state index in [9.17, 15) is 9.18 Å². The summed E-state index contributed by atoms with van der Waals surface area (Å²) in [5.74, 6) is -0.839. The third-order valence-electron chi connectivity index (χ3n) is 4.11. The van der Waals surface area contributed by atoms with Crippen LogP contribution in [0, 0.1) is 17.1 Å². The summed E-state index contributed by atoms with van der Waals surface area (Å²) in [7, 11) is 0. The van der Waals surface area contributed by atoms with Gasteiger partial charge in [0.25, 0.3) is 5.91 Å². The molecule has 9 heteroatoms. The van der Waals surface area contributed by atoms with Gasteiger partial charge in [0.05, 0.1) is 33.2 Å². The Balaban J connectivity index is 2.00. The van der Waals surface area contributed by atoms with Gasteiger partial charge in [0, 0.05) is 11.6 Å². The van der Waals surface area contributed by atoms with Gasteiger partial charge in [0.1, 0.15) is 17.7 Å². The maximum atomic E-state index is 13.3. The van der Waals surface area contributed by atoms with E-state index in [0.717, 1.165) is 12.3 Å². The summed E-state index contributed by atoms with van der Waals surface area (Å²) < 4.78 is 14.7. The fourth-order valence-electron chi connectivity index (χ4n) is 2.71. The first-order valence-electron chi connectivity index (χ1n) is 8.59. The number of pyridine rings is 1. The van der Waals surface area contributed by atoms with Crippen LogP contribution in [0.4, 0.5) is 10.2 Å². The van der Waals surface area contributed by atoms with Gasteiger partial charge in [-0.15, -0.1) is 0 Å². The minimum Gasteiger partial charge on any atom is -0.306 e. The van der Waals surface area contributed by atoms with Crippen molar-refractivity contribution >= 4 is 40.6 Å². The predicted molar refractivity (Wildman–Crippen MR) is 115 cm³/mol. The molecule has 0 radical (unpaired) electrons. The number of carbonyl (C=O) groups is 1. The molecule has 0 fully saturated rings. The van der Waals surface area contributed by atoms with E-state index in [2.05, 4.69) is 22.0 Å². The molecule has 2 heterocycles. The molecule has 2 aromatic heterocycles. The third kappa shape index (κ3) is 4.25. The second-order valence-corrected chi connectivity index (χ2v) is 6.80. The molecule has 1 N–H and O–H groups in total. The summed E-state index contributed by atoms with van der Waals surface area (Å²) in [6.45, 7) is 5.48. The number of rotatable bonds is 5. The van der Waals surface area contributed by atoms with Crippen molar-refractivity contribution in [3.05, 3.63) is 82.4 Å². The van der Waals surface area contributed by atoms with Gasteiger partial charge in [-0.05, 0) is 31.2 Å². The number of carbonyl (C=O) groups excluding carboxylic acids is 1. The van der Waals surface area contributed by atoms with Crippen molar-refractivity contribution in [3.63, 3.8) is 0 Å². The van der Waals surface area contributed by atoms with Crippen LogP contribution in [0.1, 0.15) is 23.0 Å². The lowest BCUT2D eigenvalue weighted by Gasteiger charge is -2.11. The van der Waals surface area contributed by atoms with Gasteiger partial charge in [-0.1, -0.05) is 41.9 Å². The van der Waals surface area contributed by atoms with Crippen LogP contribution >= 0.6 is 23.2 Å². The molecule has 3 aromatic rings. The van der Waals surface area contributed by atoms with E-state index < -0.39 is 11.7 Å². The number of hydrogen-bond donors (Lipinski definition) is 1. The summed E-state index contributed by atoms with van der Waals surface area (Å²) >= 11 is 12.3. The van der Waals surface area contributed by atoms with E-state index in [1.165, 1.54) is 22.9 Å². The van der Waals surface area contributed by atoms with E-state index in [1.54, 1.807) is 25.1 Å². The summed E-state index contributed by atoms with van der Waals surface area (Å²) in [4.78, 5) is 16.9. The molecule has 3 rings (SSSR count). The number of nitriles is 1. The van der Waals surface area contributed by atoms with Crippen molar-refractivity contribution in [1.82, 2.24) is 14.8 Å². The van der Waals surface area contributed by atoms with Crippen LogP contribution in [0.2, 0.25) is 10.0 Å². The fraction of sp³-hybridized carbons (Fsp3) is 0.0476. The quantitative estimate of drug-likeness (QED) is 0.525. The highest BCUT2D eigenvalue weighted by atomic mass is 35.5. The number of nitrogens with zero attached hydrogens (tertiary/aromatic N) is 4. The SMILES string of the molecule is C=C/C(=C\C)n1nc(C#N)cc1NC(=O)c1cc(-c2ncc(F)cc2Cl)ccc1Cl. The number of aromatic nitrogens is 3. The number of halogens is 3. The molecular formula is C21H14Cl2FN5O. The number of amides is 1. The maximum Gasteiger partial charge on any atom is 0.258 e. The Bertz CT molecular complexity index is 1230. The number of benzene rings is 1. The lowest BCUT2D eigenvalue weighted by molar-refractivity contribution is 0.102. The van der Waals surface area contributed by atoms with Gasteiger partial charge in [-0.3, -0.25) is 9.78 Å². The molecule has 150 valence electrons. The molecule has 0 saturated carbocycles. The van der Waals surface area contributed by atoms with Crippen molar-refractivity contribution in [2.45, 2.75) is 6.92 Å². The first-order valence-corrected chi connectivity index (χ1v) is 9.35. The number of anilines is 1. The van der Waals surface area contributed by atoms with Gasteiger partial charge in [0.2, 0.25) is 0 Å². The molecular weight excluding hydrogens is 428 g/mol. The topological polar surface area (TPSA) is 83.6 Å². The molecule has 1 aromatic carbocycles. The van der Waals surface area contributed by atoms with Crippen molar-refractivity contribution in [1.29, 1.82) is 5.26 Å². The van der Waals surface area contributed by atoms with Crippen LogP contribution in [0.5, 0.6) is 0 Å². The van der Waals surface area contributed by atoms with Crippen LogP contribution < -0.4 is 5.32 Å². The Kier molecular flexibility index (Phi) is 6.31. The molecule has 0 aliphatic carbocycles. The number of hydrogen-bond acceptors (Lipinski definition) is 4. The van der Waals surface area contributed by atoms with Crippen LogP contribution in [0.3, 0.4) is 0 Å². The van der Waals surface area contributed by atoms with Crippen molar-refractivity contribution in [3.8, 4) is 17.3 Å². The van der Waals surface area contributed by atoms with E-state index in [0.29, 0.717) is 17.0 Å². The Morgan fingerprint density at radius 1 is 1.30 bits per heavy atom. The second-order valence-electron chi connectivity index (χ2n) is 5.99. The van der Waals surface area contributed by atoms with Crippen LogP contribution in [0.15, 0.2) is 55.3 Å². The molecule has 0 aliphatic heterocycles. The first-order chi connectivity index (χ1) is 14.4. The van der Waals surface area contributed by atoms with Gasteiger partial charge in [-0.25, -0.2) is 9.07 Å². The molecule has 30 heavy (non-hydrogen) atoms. The lowest BCUT2D eigenvalue weighted by atomic mass is 10.1. The molecule has 1 amide bonds. The summed E-state index contributed by atoms with van der Waals surface area (Å²) in [5.41, 5.74) is 1.63. The average molecular weight is 442 g/mol. The minimum absolute atomic E-state index is 0.101. The summed E-state index contributed by atoms with van der Waals surface area (Å²) in [6.07, 6.45) is 4.30. The zero-order valence-electron chi connectivity index (χ0n) is 15.7. The minimum atomic E-state index is -0.570. The van der Waals surface area contributed by atoms with E-state index >= 15 is 0 Å². The summed E-state index contributed by atoms with van der Waals surface area (Å²) in [5, 5.41) is 16.3. The Morgan fingerprint density at radius 2 is 2.07 bits per heavy atom. The normalized spacial score (nSPS) is 11.1. The first kappa shape index (κ1) is 21.2. The standard InChI is InChI=1S/C21H14Cl2FN5O/c1-3-15(4-2)29-19(9-14(10-25)28-29)27-21(30)16-7-12(5-6-17(16)22)20-18(23)8-13(24)11-26-20/h3-9,11H,1H2,2H3,(H,27,30)/b15-4+. The van der Waals surface area contributed by atoms with Crippen LogP contribution in [-0.4, -0.2) is 20.7 Å². The fourth-order valence-corrected chi connectivity index (χ4v) is 3.17. The molecule has 0 saturated heterocycles. The van der Waals surface area contributed by atoms with Gasteiger partial charge < -0.3 is 5.32 Å². The van der Waals surface area contributed by atoms with Crippen molar-refractivity contribution in [2.24, 2.45) is 0 Å². The third-order valence-corrected chi connectivity index (χ3v) is 4.72. The van der Waals surface area contributed by atoms with E-state index in [-0.39, 0.29) is 27.1 Å². The van der Waals surface area contributed by atoms with Crippen LogP contribution in [-0.2, 0) is 0 Å². The van der Waals surface area contributed by atoms with E-state index in [1.807, 2.05) is 6.07 Å². The summed E-state index contributed by atoms with van der Waals surface area (Å²) in [6, 6.07) is 9.14. The Hall–Kier alpha value is -3.47. The van der Waals surface area contributed by atoms with Gasteiger partial charge >= 0.3 is 0 Å². The largest absolute Gasteiger partial charge is 0.306 e. The highest BCUT2D eigenvalue weighted by Gasteiger charge is 2.18. The monoisotopic (exact) mass is 441 g/mol. The maximum absolute atomic E-state index is 13.3. The zero-order chi connectivity index (χ0) is 21.8. The molecule has 0 spiro atoms. The average Bonchev–Trinajstić information content (AvgIpc) is 3.12. The second kappa shape index (κ2) is 8.91. The number of nitrogens with one attached hydrogen (secondary N) is 1. The smallest absolute Gasteiger partial charge is 0.258 e. The predicted octanol–water partition coefficient (Wildman–Crippen LogP) is 5.56.